The zero-order chi connectivity index (χ0) is 37.1. The largest absolute Gasteiger partial charge is 0.228 e. The zero-order valence-corrected chi connectivity index (χ0v) is 31.2. The van der Waals surface area contributed by atoms with Gasteiger partial charge in [-0.05, 0) is 73.8 Å². The summed E-state index contributed by atoms with van der Waals surface area (Å²) in [5.41, 5.74) is 17.5. The third kappa shape index (κ3) is 5.20. The molecule has 0 saturated heterocycles. The van der Waals surface area contributed by atoms with Crippen LogP contribution >= 0.6 is 11.8 Å². The molecule has 56 heavy (non-hydrogen) atoms. The van der Waals surface area contributed by atoms with Crippen LogP contribution < -0.4 is 0 Å². The first kappa shape index (κ1) is 32.6. The van der Waals surface area contributed by atoms with Crippen molar-refractivity contribution in [1.29, 1.82) is 0 Å². The average molecular weight is 731 g/mol. The van der Waals surface area contributed by atoms with E-state index >= 15 is 0 Å². The third-order valence-corrected chi connectivity index (χ3v) is 12.5. The summed E-state index contributed by atoms with van der Waals surface area (Å²) in [6.07, 6.45) is 0. The zero-order valence-electron chi connectivity index (χ0n) is 30.4. The molecule has 0 bridgehead atoms. The maximum Gasteiger partial charge on any atom is 0.160 e. The summed E-state index contributed by atoms with van der Waals surface area (Å²) in [4.78, 5) is 12.6. The van der Waals surface area contributed by atoms with Crippen molar-refractivity contribution in [3.63, 3.8) is 0 Å². The van der Waals surface area contributed by atoms with Crippen LogP contribution in [0.1, 0.15) is 22.3 Å². The Morgan fingerprint density at radius 3 is 1.34 bits per heavy atom. The van der Waals surface area contributed by atoms with Gasteiger partial charge in [0.15, 0.2) is 5.82 Å². The Hall–Kier alpha value is -6.81. The first-order chi connectivity index (χ1) is 27.7. The monoisotopic (exact) mass is 730 g/mol. The minimum Gasteiger partial charge on any atom is -0.228 e. The van der Waals surface area contributed by atoms with Gasteiger partial charge in [-0.25, -0.2) is 9.97 Å². The molecule has 8 aromatic carbocycles. The van der Waals surface area contributed by atoms with Crippen LogP contribution in [0.25, 0.3) is 67.3 Å². The fourth-order valence-electron chi connectivity index (χ4n) is 8.80. The molecule has 0 fully saturated rings. The molecule has 262 valence electrons. The van der Waals surface area contributed by atoms with Gasteiger partial charge in [0.25, 0.3) is 0 Å². The summed E-state index contributed by atoms with van der Waals surface area (Å²) in [6.45, 7) is 0. The van der Waals surface area contributed by atoms with Crippen LogP contribution in [0.2, 0.25) is 0 Å². The minimum absolute atomic E-state index is 0.350. The lowest BCUT2D eigenvalue weighted by atomic mass is 9.67. The van der Waals surface area contributed by atoms with Gasteiger partial charge in [-0.2, -0.15) is 0 Å². The van der Waals surface area contributed by atoms with Crippen LogP contribution in [0.5, 0.6) is 0 Å². The molecule has 0 amide bonds. The van der Waals surface area contributed by atoms with Gasteiger partial charge in [-0.15, -0.1) is 0 Å². The quantitative estimate of drug-likeness (QED) is 0.176. The Morgan fingerprint density at radius 1 is 0.304 bits per heavy atom. The number of hydrogen-bond donors (Lipinski definition) is 0. The smallest absolute Gasteiger partial charge is 0.160 e. The van der Waals surface area contributed by atoms with Gasteiger partial charge in [0, 0.05) is 26.5 Å². The molecule has 0 unspecified atom stereocenters. The molecule has 1 aliphatic heterocycles. The van der Waals surface area contributed by atoms with Gasteiger partial charge in [0.1, 0.15) is 0 Å². The van der Waals surface area contributed by atoms with Gasteiger partial charge in [-0.3, -0.25) is 0 Å². The van der Waals surface area contributed by atoms with Crippen molar-refractivity contribution in [2.75, 3.05) is 0 Å². The summed E-state index contributed by atoms with van der Waals surface area (Å²) in [7, 11) is 0. The summed E-state index contributed by atoms with van der Waals surface area (Å²) < 4.78 is 0. The molecule has 3 heteroatoms. The number of nitrogens with zero attached hydrogens (tertiary/aromatic N) is 2. The Balaban J connectivity index is 0.929. The molecular weight excluding hydrogens is 697 g/mol. The predicted molar refractivity (Wildman–Crippen MR) is 231 cm³/mol. The topological polar surface area (TPSA) is 25.8 Å². The van der Waals surface area contributed by atoms with E-state index in [0.717, 1.165) is 33.9 Å². The lowest BCUT2D eigenvalue weighted by molar-refractivity contribution is 0.722. The number of fused-ring (bicyclic) bond motifs is 9. The fourth-order valence-corrected chi connectivity index (χ4v) is 10.0. The maximum absolute atomic E-state index is 5.02. The lowest BCUT2D eigenvalue weighted by Gasteiger charge is -2.39. The minimum atomic E-state index is -0.350. The molecule has 9 aromatic rings. The number of aromatic nitrogens is 2. The van der Waals surface area contributed by atoms with Crippen molar-refractivity contribution < 1.29 is 0 Å². The van der Waals surface area contributed by atoms with Crippen molar-refractivity contribution in [3.8, 4) is 67.3 Å². The molecule has 0 N–H and O–H groups in total. The van der Waals surface area contributed by atoms with Crippen molar-refractivity contribution >= 4 is 11.8 Å². The van der Waals surface area contributed by atoms with Gasteiger partial charge in [-0.1, -0.05) is 200 Å². The first-order valence-corrected chi connectivity index (χ1v) is 19.9. The highest BCUT2D eigenvalue weighted by atomic mass is 32.2. The molecular formula is C53H34N2S. The van der Waals surface area contributed by atoms with Crippen LogP contribution in [-0.2, 0) is 5.41 Å². The molecule has 0 saturated carbocycles. The van der Waals surface area contributed by atoms with E-state index in [1.54, 1.807) is 0 Å². The highest BCUT2D eigenvalue weighted by Crippen LogP contribution is 2.62. The van der Waals surface area contributed by atoms with E-state index in [1.807, 2.05) is 48.2 Å². The summed E-state index contributed by atoms with van der Waals surface area (Å²) in [5, 5.41) is 0. The molecule has 11 rings (SSSR count). The number of rotatable bonds is 5. The van der Waals surface area contributed by atoms with E-state index in [2.05, 4.69) is 170 Å². The number of hydrogen-bond acceptors (Lipinski definition) is 3. The molecule has 1 spiro atoms. The van der Waals surface area contributed by atoms with Gasteiger partial charge in [0.05, 0.1) is 16.8 Å². The van der Waals surface area contributed by atoms with Crippen molar-refractivity contribution in [2.24, 2.45) is 0 Å². The number of benzene rings is 8. The van der Waals surface area contributed by atoms with Gasteiger partial charge in [0.2, 0.25) is 0 Å². The normalized spacial score (nSPS) is 13.1. The summed E-state index contributed by atoms with van der Waals surface area (Å²) in [5.74, 6) is 0.722. The fraction of sp³-hybridized carbons (Fsp3) is 0.0189. The Kier molecular flexibility index (Phi) is 7.68. The van der Waals surface area contributed by atoms with Gasteiger partial charge < -0.3 is 0 Å². The highest BCUT2D eigenvalue weighted by Gasteiger charge is 2.50. The molecule has 2 heterocycles. The van der Waals surface area contributed by atoms with E-state index in [4.69, 9.17) is 9.97 Å². The molecule has 0 radical (unpaired) electrons. The lowest BCUT2D eigenvalue weighted by Crippen LogP contribution is -2.31. The van der Waals surface area contributed by atoms with E-state index in [1.165, 1.54) is 65.4 Å². The molecule has 1 aliphatic carbocycles. The molecule has 2 nitrogen and oxygen atoms in total. The standard InChI is InChI=1S/C53H34N2S/c1-3-13-38(14-4-1)48-34-49(55-52(54-48)40-15-5-2-6-16-40)39-29-27-36(28-30-39)35-23-25-37(26-24-35)41-31-32-47-51(33-41)56-50-22-12-11-21-46(50)53(47)44-19-9-7-17-42(44)43-18-8-10-20-45(43)53/h1-34H. The second-order valence-corrected chi connectivity index (χ2v) is 15.6. The van der Waals surface area contributed by atoms with Crippen LogP contribution in [0.3, 0.4) is 0 Å². The second kappa shape index (κ2) is 13.2. The predicted octanol–water partition coefficient (Wildman–Crippen LogP) is 13.6. The average Bonchev–Trinajstić information content (AvgIpc) is 3.57. The van der Waals surface area contributed by atoms with Crippen molar-refractivity contribution in [3.05, 3.63) is 229 Å². The van der Waals surface area contributed by atoms with Crippen LogP contribution in [0.15, 0.2) is 216 Å². The third-order valence-electron chi connectivity index (χ3n) is 11.4. The first-order valence-electron chi connectivity index (χ1n) is 19.1. The Morgan fingerprint density at radius 2 is 0.732 bits per heavy atom. The van der Waals surface area contributed by atoms with Crippen LogP contribution in [0.4, 0.5) is 0 Å². The Bertz CT molecular complexity index is 2810. The summed E-state index contributed by atoms with van der Waals surface area (Å²) in [6, 6.07) is 74.4. The van der Waals surface area contributed by atoms with E-state index in [0.29, 0.717) is 0 Å². The maximum atomic E-state index is 5.02. The van der Waals surface area contributed by atoms with E-state index in [9.17, 15) is 0 Å². The molecule has 1 aromatic heterocycles. The molecule has 0 atom stereocenters. The van der Waals surface area contributed by atoms with E-state index < -0.39 is 0 Å². The van der Waals surface area contributed by atoms with Crippen LogP contribution in [0, 0.1) is 0 Å². The van der Waals surface area contributed by atoms with Gasteiger partial charge >= 0.3 is 0 Å². The van der Waals surface area contributed by atoms with E-state index in [-0.39, 0.29) is 5.41 Å². The van der Waals surface area contributed by atoms with Crippen molar-refractivity contribution in [1.82, 2.24) is 9.97 Å². The summed E-state index contributed by atoms with van der Waals surface area (Å²) >= 11 is 1.89. The second-order valence-electron chi connectivity index (χ2n) is 14.5. The van der Waals surface area contributed by atoms with Crippen LogP contribution in [-0.4, -0.2) is 9.97 Å². The Labute approximate surface area is 331 Å². The van der Waals surface area contributed by atoms with Crippen molar-refractivity contribution in [2.45, 2.75) is 15.2 Å². The molecule has 2 aliphatic rings. The SMILES string of the molecule is c1ccc(-c2cc(-c3ccc(-c4ccc(-c5ccc6c(c5)Sc5ccccc5C65c6ccccc6-c6ccccc65)cc4)cc3)nc(-c3ccccc3)n2)cc1. The highest BCUT2D eigenvalue weighted by molar-refractivity contribution is 7.99.